The molecule has 0 fully saturated rings. The number of nitrogens with one attached hydrogen (secondary N) is 2. The number of carbonyl (C=O) groups is 2. The zero-order valence-electron chi connectivity index (χ0n) is 18.7. The maximum Gasteiger partial charge on any atom is 0.414 e. The molecule has 0 unspecified atom stereocenters. The molecular weight excluding hydrogens is 390 g/mol. The van der Waals surface area contributed by atoms with Gasteiger partial charge in [0.15, 0.2) is 0 Å². The minimum atomic E-state index is -0.539. The molecule has 0 aliphatic carbocycles. The number of anilines is 2. The second-order valence-corrected chi connectivity index (χ2v) is 8.87. The van der Waals surface area contributed by atoms with Crippen LogP contribution in [0.2, 0.25) is 0 Å². The smallest absolute Gasteiger partial charge is 0.414 e. The van der Waals surface area contributed by atoms with Gasteiger partial charge in [0.25, 0.3) is 0 Å². The van der Waals surface area contributed by atoms with Crippen LogP contribution in [0.15, 0.2) is 48.5 Å². The largest absolute Gasteiger partial charge is 0.443 e. The van der Waals surface area contributed by atoms with E-state index in [2.05, 4.69) is 22.8 Å². The van der Waals surface area contributed by atoms with E-state index in [0.29, 0.717) is 13.1 Å². The zero-order chi connectivity index (χ0) is 22.3. The third-order valence-electron chi connectivity index (χ3n) is 5.08. The molecule has 0 bridgehead atoms. The molecule has 0 saturated carbocycles. The molecule has 6 nitrogen and oxygen atoms in total. The fourth-order valence-corrected chi connectivity index (χ4v) is 3.60. The van der Waals surface area contributed by atoms with Crippen molar-refractivity contribution in [1.29, 1.82) is 0 Å². The van der Waals surface area contributed by atoms with Gasteiger partial charge in [-0.15, -0.1) is 0 Å². The molecular formula is C25H33N3O3. The summed E-state index contributed by atoms with van der Waals surface area (Å²) in [5, 5.41) is 6.12. The van der Waals surface area contributed by atoms with E-state index in [1.54, 1.807) is 4.90 Å². The van der Waals surface area contributed by atoms with Crippen molar-refractivity contribution in [3.8, 4) is 0 Å². The number of ether oxygens (including phenoxy) is 1. The molecule has 1 heterocycles. The highest BCUT2D eigenvalue weighted by atomic mass is 16.6. The Morgan fingerprint density at radius 1 is 1.10 bits per heavy atom. The fraction of sp³-hybridized carbons (Fsp3) is 0.440. The van der Waals surface area contributed by atoms with Crippen LogP contribution in [0.5, 0.6) is 0 Å². The van der Waals surface area contributed by atoms with E-state index in [0.717, 1.165) is 42.6 Å². The lowest BCUT2D eigenvalue weighted by atomic mass is 10.0. The van der Waals surface area contributed by atoms with E-state index in [-0.39, 0.29) is 18.5 Å². The summed E-state index contributed by atoms with van der Waals surface area (Å²) in [4.78, 5) is 26.5. The first-order valence-corrected chi connectivity index (χ1v) is 11.0. The quantitative estimate of drug-likeness (QED) is 0.642. The summed E-state index contributed by atoms with van der Waals surface area (Å²) in [7, 11) is 0. The van der Waals surface area contributed by atoms with E-state index in [9.17, 15) is 9.59 Å². The van der Waals surface area contributed by atoms with E-state index < -0.39 is 5.60 Å². The molecule has 0 atom stereocenters. The molecule has 1 aliphatic heterocycles. The van der Waals surface area contributed by atoms with Crippen molar-refractivity contribution in [2.75, 3.05) is 29.9 Å². The standard InChI is InChI=1S/C25H33N3O3/c1-25(2,3)31-24(30)28-16-8-12-20-13-14-21(17-22(20)28)27-18-23(29)26-15-7-11-19-9-5-4-6-10-19/h4-6,9-10,13-14,17,27H,7-8,11-12,15-16,18H2,1-3H3,(H,26,29). The molecule has 0 radical (unpaired) electrons. The summed E-state index contributed by atoms with van der Waals surface area (Å²) in [6.07, 6.45) is 3.35. The molecule has 6 heteroatoms. The first kappa shape index (κ1) is 22.7. The van der Waals surface area contributed by atoms with Crippen molar-refractivity contribution in [2.45, 2.75) is 52.1 Å². The number of amides is 2. The molecule has 2 amide bonds. The van der Waals surface area contributed by atoms with Gasteiger partial charge in [-0.05, 0) is 69.7 Å². The van der Waals surface area contributed by atoms with Gasteiger partial charge in [-0.3, -0.25) is 9.69 Å². The van der Waals surface area contributed by atoms with E-state index >= 15 is 0 Å². The van der Waals surface area contributed by atoms with E-state index in [4.69, 9.17) is 4.74 Å². The van der Waals surface area contributed by atoms with Crippen LogP contribution in [-0.2, 0) is 22.4 Å². The fourth-order valence-electron chi connectivity index (χ4n) is 3.60. The van der Waals surface area contributed by atoms with Crippen LogP contribution in [0, 0.1) is 0 Å². The van der Waals surface area contributed by atoms with Gasteiger partial charge in [-0.2, -0.15) is 0 Å². The maximum atomic E-state index is 12.6. The Bertz CT molecular complexity index is 891. The van der Waals surface area contributed by atoms with E-state index in [1.807, 2.05) is 57.2 Å². The first-order chi connectivity index (χ1) is 14.8. The highest BCUT2D eigenvalue weighted by molar-refractivity contribution is 5.90. The van der Waals surface area contributed by atoms with Gasteiger partial charge in [0.1, 0.15) is 5.60 Å². The number of benzene rings is 2. The Hall–Kier alpha value is -3.02. The highest BCUT2D eigenvalue weighted by Crippen LogP contribution is 2.31. The third kappa shape index (κ3) is 7.02. The van der Waals surface area contributed by atoms with Gasteiger partial charge in [0.2, 0.25) is 5.91 Å². The molecule has 2 N–H and O–H groups in total. The average molecular weight is 424 g/mol. The molecule has 1 aliphatic rings. The second-order valence-electron chi connectivity index (χ2n) is 8.87. The van der Waals surface area contributed by atoms with Gasteiger partial charge in [0, 0.05) is 18.8 Å². The van der Waals surface area contributed by atoms with Gasteiger partial charge in [0.05, 0.1) is 12.2 Å². The average Bonchev–Trinajstić information content (AvgIpc) is 2.74. The molecule has 31 heavy (non-hydrogen) atoms. The van der Waals surface area contributed by atoms with Gasteiger partial charge >= 0.3 is 6.09 Å². The van der Waals surface area contributed by atoms with Gasteiger partial charge in [-0.1, -0.05) is 36.4 Å². The number of hydrogen-bond acceptors (Lipinski definition) is 4. The Balaban J connectivity index is 1.50. The van der Waals surface area contributed by atoms with Crippen LogP contribution in [0.1, 0.15) is 44.7 Å². The first-order valence-electron chi connectivity index (χ1n) is 11.0. The molecule has 0 spiro atoms. The van der Waals surface area contributed by atoms with Crippen molar-refractivity contribution < 1.29 is 14.3 Å². The molecule has 166 valence electrons. The highest BCUT2D eigenvalue weighted by Gasteiger charge is 2.27. The lowest BCUT2D eigenvalue weighted by Crippen LogP contribution is -2.39. The van der Waals surface area contributed by atoms with Crippen LogP contribution < -0.4 is 15.5 Å². The summed E-state index contributed by atoms with van der Waals surface area (Å²) in [5.41, 5.74) is 3.53. The van der Waals surface area contributed by atoms with Crippen LogP contribution >= 0.6 is 0 Å². The molecule has 0 aromatic heterocycles. The monoisotopic (exact) mass is 423 g/mol. The summed E-state index contributed by atoms with van der Waals surface area (Å²) < 4.78 is 5.56. The summed E-state index contributed by atoms with van der Waals surface area (Å²) in [5.74, 6) is -0.0465. The lowest BCUT2D eigenvalue weighted by Gasteiger charge is -2.32. The van der Waals surface area contributed by atoms with Crippen LogP contribution in [0.25, 0.3) is 0 Å². The maximum absolute atomic E-state index is 12.6. The Morgan fingerprint density at radius 3 is 2.61 bits per heavy atom. The van der Waals surface area contributed by atoms with Crippen molar-refractivity contribution in [3.05, 3.63) is 59.7 Å². The number of aryl methyl sites for hydroxylation is 2. The molecule has 2 aromatic rings. The Labute approximate surface area is 185 Å². The SMILES string of the molecule is CC(C)(C)OC(=O)N1CCCc2ccc(NCC(=O)NCCCc3ccccc3)cc21. The van der Waals surface area contributed by atoms with Crippen LogP contribution in [-0.4, -0.2) is 37.2 Å². The summed E-state index contributed by atoms with van der Waals surface area (Å²) in [6.45, 7) is 7.07. The normalized spacial score (nSPS) is 13.3. The van der Waals surface area contributed by atoms with Crippen molar-refractivity contribution in [2.24, 2.45) is 0 Å². The molecule has 3 rings (SSSR count). The zero-order valence-corrected chi connectivity index (χ0v) is 18.7. The topological polar surface area (TPSA) is 70.7 Å². The predicted octanol–water partition coefficient (Wildman–Crippen LogP) is 4.54. The molecule has 0 saturated heterocycles. The number of nitrogens with zero attached hydrogens (tertiary/aromatic N) is 1. The minimum Gasteiger partial charge on any atom is -0.443 e. The van der Waals surface area contributed by atoms with Gasteiger partial charge < -0.3 is 15.4 Å². The van der Waals surface area contributed by atoms with Crippen LogP contribution in [0.3, 0.4) is 0 Å². The third-order valence-corrected chi connectivity index (χ3v) is 5.08. The minimum absolute atomic E-state index is 0.0465. The van der Waals surface area contributed by atoms with Crippen LogP contribution in [0.4, 0.5) is 16.2 Å². The second kappa shape index (κ2) is 10.3. The van der Waals surface area contributed by atoms with Crippen molar-refractivity contribution >= 4 is 23.4 Å². The number of rotatable bonds is 7. The lowest BCUT2D eigenvalue weighted by molar-refractivity contribution is -0.119. The Morgan fingerprint density at radius 2 is 1.87 bits per heavy atom. The van der Waals surface area contributed by atoms with Gasteiger partial charge in [-0.25, -0.2) is 4.79 Å². The predicted molar refractivity (Wildman–Crippen MR) is 125 cm³/mol. The van der Waals surface area contributed by atoms with Crippen molar-refractivity contribution in [3.63, 3.8) is 0 Å². The number of fused-ring (bicyclic) bond motifs is 1. The van der Waals surface area contributed by atoms with E-state index in [1.165, 1.54) is 5.56 Å². The molecule has 2 aromatic carbocycles. The Kier molecular flexibility index (Phi) is 7.55. The summed E-state index contributed by atoms with van der Waals surface area (Å²) >= 11 is 0. The summed E-state index contributed by atoms with van der Waals surface area (Å²) in [6, 6.07) is 16.2. The number of hydrogen-bond donors (Lipinski definition) is 2. The van der Waals surface area contributed by atoms with Crippen molar-refractivity contribution in [1.82, 2.24) is 5.32 Å². The number of carbonyl (C=O) groups excluding carboxylic acids is 2.